The Bertz CT molecular complexity index is 424. The van der Waals surface area contributed by atoms with Gasteiger partial charge in [0, 0.05) is 5.39 Å². The summed E-state index contributed by atoms with van der Waals surface area (Å²) in [6, 6.07) is 8.01. The normalized spacial score (nSPS) is 9.43. The van der Waals surface area contributed by atoms with Crippen LogP contribution in [0, 0.1) is 0 Å². The molecule has 6 heteroatoms. The van der Waals surface area contributed by atoms with Gasteiger partial charge in [-0.1, -0.05) is 23.4 Å². The van der Waals surface area contributed by atoms with Crippen molar-refractivity contribution in [1.29, 1.82) is 0 Å². The van der Waals surface area contributed by atoms with Gasteiger partial charge in [0.05, 0.1) is 11.7 Å². The molecule has 0 spiro atoms. The number of aromatic amines is 2. The van der Waals surface area contributed by atoms with Gasteiger partial charge in [-0.05, 0) is 6.07 Å². The Kier molecular flexibility index (Phi) is 2.46. The van der Waals surface area contributed by atoms with Gasteiger partial charge < -0.3 is 0 Å². The lowest BCUT2D eigenvalue weighted by Gasteiger charge is -1.81. The van der Waals surface area contributed by atoms with E-state index in [9.17, 15) is 0 Å². The molecular weight excluding hydrogens is 180 g/mol. The number of nitrogens with one attached hydrogen (secondary N) is 2. The largest absolute Gasteiger partial charge is 0.278 e. The second-order valence-electron chi connectivity index (χ2n) is 2.52. The van der Waals surface area contributed by atoms with E-state index in [4.69, 9.17) is 0 Å². The number of hydrogen-bond donors (Lipinski definition) is 2. The molecule has 0 fully saturated rings. The summed E-state index contributed by atoms with van der Waals surface area (Å²) in [5, 5.41) is 20.1. The van der Waals surface area contributed by atoms with Crippen LogP contribution < -0.4 is 0 Å². The van der Waals surface area contributed by atoms with E-state index < -0.39 is 0 Å². The van der Waals surface area contributed by atoms with Crippen LogP contribution in [-0.2, 0) is 0 Å². The lowest BCUT2D eigenvalue weighted by atomic mass is 10.3. The van der Waals surface area contributed by atoms with Gasteiger partial charge in [-0.15, -0.1) is 10.2 Å². The highest BCUT2D eigenvalue weighted by Crippen LogP contribution is 2.06. The Labute approximate surface area is 79.3 Å². The quantitative estimate of drug-likeness (QED) is 0.545. The van der Waals surface area contributed by atoms with Crippen molar-refractivity contribution in [2.24, 2.45) is 0 Å². The van der Waals surface area contributed by atoms with Crippen LogP contribution in [0.5, 0.6) is 0 Å². The molecular formula is C8H8N6. The summed E-state index contributed by atoms with van der Waals surface area (Å²) in [4.78, 5) is 0. The first kappa shape index (κ1) is 8.36. The Morgan fingerprint density at radius 2 is 2.00 bits per heavy atom. The van der Waals surface area contributed by atoms with Crippen molar-refractivity contribution < 1.29 is 0 Å². The van der Waals surface area contributed by atoms with E-state index in [1.807, 2.05) is 30.5 Å². The van der Waals surface area contributed by atoms with Crippen LogP contribution in [0.15, 0.2) is 36.8 Å². The lowest BCUT2D eigenvalue weighted by molar-refractivity contribution is 0.881. The van der Waals surface area contributed by atoms with Gasteiger partial charge in [-0.25, -0.2) is 0 Å². The standard InChI is InChI=1S/C7H6N2.CH2N4/c1-2-4-7-6(3-1)5-8-9-7;1-2-4-5-3-1/h1-5H,(H,8,9);1H,(H,2,3,4,5). The van der Waals surface area contributed by atoms with Crippen molar-refractivity contribution in [1.82, 2.24) is 30.8 Å². The Hall–Kier alpha value is -2.24. The molecule has 70 valence electrons. The summed E-state index contributed by atoms with van der Waals surface area (Å²) in [7, 11) is 0. The number of aromatic nitrogens is 6. The Morgan fingerprint density at radius 3 is 2.64 bits per heavy atom. The molecule has 3 rings (SSSR count). The zero-order valence-electron chi connectivity index (χ0n) is 7.25. The van der Waals surface area contributed by atoms with Gasteiger partial charge in [0.2, 0.25) is 0 Å². The van der Waals surface area contributed by atoms with Crippen LogP contribution in [-0.4, -0.2) is 30.8 Å². The Balaban J connectivity index is 0.000000128. The van der Waals surface area contributed by atoms with Crippen LogP contribution in [0.3, 0.4) is 0 Å². The zero-order valence-corrected chi connectivity index (χ0v) is 7.25. The molecule has 0 atom stereocenters. The van der Waals surface area contributed by atoms with Crippen molar-refractivity contribution in [2.45, 2.75) is 0 Å². The maximum atomic E-state index is 3.88. The molecule has 1 aromatic carbocycles. The van der Waals surface area contributed by atoms with Crippen LogP contribution in [0.25, 0.3) is 10.9 Å². The van der Waals surface area contributed by atoms with E-state index >= 15 is 0 Å². The van der Waals surface area contributed by atoms with Gasteiger partial charge in [-0.2, -0.15) is 10.3 Å². The first-order valence-electron chi connectivity index (χ1n) is 4.01. The number of hydrogen-bond acceptors (Lipinski definition) is 4. The third-order valence-electron chi connectivity index (χ3n) is 1.62. The monoisotopic (exact) mass is 188 g/mol. The summed E-state index contributed by atoms with van der Waals surface area (Å²) < 4.78 is 0. The molecule has 0 saturated carbocycles. The third kappa shape index (κ3) is 1.92. The van der Waals surface area contributed by atoms with Gasteiger partial charge in [0.1, 0.15) is 0 Å². The number of para-hydroxylation sites is 1. The topological polar surface area (TPSA) is 83.1 Å². The number of rotatable bonds is 0. The summed E-state index contributed by atoms with van der Waals surface area (Å²) in [6.07, 6.45) is 3.15. The first-order chi connectivity index (χ1) is 6.97. The molecule has 6 nitrogen and oxygen atoms in total. The minimum atomic E-state index is 1.09. The third-order valence-corrected chi connectivity index (χ3v) is 1.62. The molecule has 0 saturated heterocycles. The van der Waals surface area contributed by atoms with E-state index in [0.717, 1.165) is 10.9 Å². The first-order valence-corrected chi connectivity index (χ1v) is 4.01. The Morgan fingerprint density at radius 1 is 1.07 bits per heavy atom. The average Bonchev–Trinajstić information content (AvgIpc) is 2.92. The highest BCUT2D eigenvalue weighted by Gasteiger charge is 1.88. The summed E-state index contributed by atoms with van der Waals surface area (Å²) in [5.74, 6) is 0. The number of benzene rings is 1. The SMILES string of the molecule is c1ccc2[nH]ncc2c1.c1nn[nH]n1. The van der Waals surface area contributed by atoms with Crippen LogP contribution in [0.4, 0.5) is 0 Å². The van der Waals surface area contributed by atoms with Crippen LogP contribution in [0.2, 0.25) is 0 Å². The summed E-state index contributed by atoms with van der Waals surface area (Å²) in [6.45, 7) is 0. The molecule has 14 heavy (non-hydrogen) atoms. The highest BCUT2D eigenvalue weighted by molar-refractivity contribution is 5.77. The van der Waals surface area contributed by atoms with Gasteiger partial charge in [0.15, 0.2) is 6.33 Å². The van der Waals surface area contributed by atoms with E-state index in [1.54, 1.807) is 0 Å². The smallest absolute Gasteiger partial charge is 0.161 e. The minimum absolute atomic E-state index is 1.09. The molecule has 0 bridgehead atoms. The second kappa shape index (κ2) is 4.13. The molecule has 0 aliphatic carbocycles. The minimum Gasteiger partial charge on any atom is -0.278 e. The molecule has 2 N–H and O–H groups in total. The molecule has 0 radical (unpaired) electrons. The molecule has 0 unspecified atom stereocenters. The van der Waals surface area contributed by atoms with Gasteiger partial charge in [0.25, 0.3) is 0 Å². The molecule has 2 aromatic heterocycles. The van der Waals surface area contributed by atoms with E-state index in [1.165, 1.54) is 6.33 Å². The van der Waals surface area contributed by atoms with E-state index in [2.05, 4.69) is 30.8 Å². The van der Waals surface area contributed by atoms with E-state index in [0.29, 0.717) is 0 Å². The van der Waals surface area contributed by atoms with Gasteiger partial charge in [-0.3, -0.25) is 5.10 Å². The summed E-state index contributed by atoms with van der Waals surface area (Å²) in [5.41, 5.74) is 1.09. The average molecular weight is 188 g/mol. The number of tetrazole rings is 1. The zero-order chi connectivity index (χ0) is 9.64. The van der Waals surface area contributed by atoms with Crippen molar-refractivity contribution in [3.8, 4) is 0 Å². The number of fused-ring (bicyclic) bond motifs is 1. The fourth-order valence-electron chi connectivity index (χ4n) is 1.01. The number of nitrogens with zero attached hydrogens (tertiary/aromatic N) is 4. The highest BCUT2D eigenvalue weighted by atomic mass is 15.5. The molecule has 0 aliphatic heterocycles. The molecule has 0 amide bonds. The predicted octanol–water partition coefficient (Wildman–Crippen LogP) is 0.763. The molecule has 3 aromatic rings. The van der Waals surface area contributed by atoms with Crippen molar-refractivity contribution >= 4 is 10.9 Å². The van der Waals surface area contributed by atoms with Crippen molar-refractivity contribution in [3.05, 3.63) is 36.8 Å². The van der Waals surface area contributed by atoms with Crippen LogP contribution >= 0.6 is 0 Å². The molecule has 2 heterocycles. The van der Waals surface area contributed by atoms with Crippen LogP contribution in [0.1, 0.15) is 0 Å². The van der Waals surface area contributed by atoms with Crippen molar-refractivity contribution in [3.63, 3.8) is 0 Å². The van der Waals surface area contributed by atoms with Crippen molar-refractivity contribution in [2.75, 3.05) is 0 Å². The maximum Gasteiger partial charge on any atom is 0.161 e. The predicted molar refractivity (Wildman–Crippen MR) is 50.3 cm³/mol. The van der Waals surface area contributed by atoms with E-state index in [-0.39, 0.29) is 0 Å². The molecule has 0 aliphatic rings. The fourth-order valence-corrected chi connectivity index (χ4v) is 1.01. The number of H-pyrrole nitrogens is 2. The fraction of sp³-hybridized carbons (Fsp3) is 0. The van der Waals surface area contributed by atoms with Gasteiger partial charge >= 0.3 is 0 Å². The second-order valence-corrected chi connectivity index (χ2v) is 2.52. The lowest BCUT2D eigenvalue weighted by Crippen LogP contribution is -1.64. The summed E-state index contributed by atoms with van der Waals surface area (Å²) >= 11 is 0. The maximum absolute atomic E-state index is 3.88.